The van der Waals surface area contributed by atoms with Crippen molar-refractivity contribution in [3.63, 3.8) is 0 Å². The van der Waals surface area contributed by atoms with Crippen LogP contribution in [-0.2, 0) is 4.74 Å². The Morgan fingerprint density at radius 2 is 2.29 bits per heavy atom. The quantitative estimate of drug-likeness (QED) is 0.611. The van der Waals surface area contributed by atoms with E-state index in [9.17, 15) is 0 Å². The predicted molar refractivity (Wildman–Crippen MR) is 58.7 cm³/mol. The number of hydrogen-bond donors (Lipinski definition) is 0. The summed E-state index contributed by atoms with van der Waals surface area (Å²) in [5.74, 6) is 1.10. The SMILES string of the molecule is C=C/C=C1\C(=C)OC2C(C)=CC=CC12. The van der Waals surface area contributed by atoms with Gasteiger partial charge in [0.05, 0.1) is 0 Å². The molecule has 72 valence electrons. The summed E-state index contributed by atoms with van der Waals surface area (Å²) in [6.45, 7) is 9.71. The lowest BCUT2D eigenvalue weighted by molar-refractivity contribution is 0.174. The van der Waals surface area contributed by atoms with Gasteiger partial charge < -0.3 is 4.74 Å². The van der Waals surface area contributed by atoms with Gasteiger partial charge in [-0.3, -0.25) is 0 Å². The second-order valence-electron chi connectivity index (χ2n) is 3.64. The van der Waals surface area contributed by atoms with Crippen molar-refractivity contribution in [1.82, 2.24) is 0 Å². The first-order chi connectivity index (χ1) is 6.74. The summed E-state index contributed by atoms with van der Waals surface area (Å²) >= 11 is 0. The van der Waals surface area contributed by atoms with Crippen LogP contribution in [-0.4, -0.2) is 6.10 Å². The normalized spacial score (nSPS) is 32.5. The number of fused-ring (bicyclic) bond motifs is 1. The molecule has 2 aliphatic rings. The molecule has 0 aromatic rings. The Balaban J connectivity index is 2.38. The summed E-state index contributed by atoms with van der Waals surface area (Å²) in [6.07, 6.45) is 10.2. The first-order valence-electron chi connectivity index (χ1n) is 4.77. The molecule has 1 saturated heterocycles. The van der Waals surface area contributed by atoms with E-state index in [0.717, 1.165) is 11.3 Å². The van der Waals surface area contributed by atoms with Gasteiger partial charge in [0, 0.05) is 11.5 Å². The van der Waals surface area contributed by atoms with Crippen LogP contribution in [0.2, 0.25) is 0 Å². The Morgan fingerprint density at radius 3 is 3.00 bits per heavy atom. The summed E-state index contributed by atoms with van der Waals surface area (Å²) < 4.78 is 5.71. The van der Waals surface area contributed by atoms with E-state index in [1.165, 1.54) is 5.57 Å². The first-order valence-corrected chi connectivity index (χ1v) is 4.77. The predicted octanol–water partition coefficient (Wildman–Crippen LogP) is 3.14. The van der Waals surface area contributed by atoms with Crippen molar-refractivity contribution in [3.8, 4) is 0 Å². The van der Waals surface area contributed by atoms with E-state index in [2.05, 4.69) is 38.3 Å². The molecule has 2 rings (SSSR count). The smallest absolute Gasteiger partial charge is 0.130 e. The van der Waals surface area contributed by atoms with Crippen molar-refractivity contribution in [2.75, 3.05) is 0 Å². The molecule has 14 heavy (non-hydrogen) atoms. The molecule has 0 radical (unpaired) electrons. The fourth-order valence-corrected chi connectivity index (χ4v) is 1.98. The van der Waals surface area contributed by atoms with Gasteiger partial charge in [-0.25, -0.2) is 0 Å². The maximum Gasteiger partial charge on any atom is 0.130 e. The van der Waals surface area contributed by atoms with Gasteiger partial charge in [0.2, 0.25) is 0 Å². The van der Waals surface area contributed by atoms with Gasteiger partial charge >= 0.3 is 0 Å². The van der Waals surface area contributed by atoms with E-state index < -0.39 is 0 Å². The van der Waals surface area contributed by atoms with E-state index in [1.54, 1.807) is 6.08 Å². The molecule has 0 spiro atoms. The van der Waals surface area contributed by atoms with Crippen LogP contribution in [0.25, 0.3) is 0 Å². The molecule has 0 aromatic carbocycles. The zero-order chi connectivity index (χ0) is 10.1. The number of hydrogen-bond acceptors (Lipinski definition) is 1. The molecule has 1 nitrogen and oxygen atoms in total. The van der Waals surface area contributed by atoms with Crippen molar-refractivity contribution in [1.29, 1.82) is 0 Å². The molecule has 0 bridgehead atoms. The summed E-state index contributed by atoms with van der Waals surface area (Å²) in [7, 11) is 0. The zero-order valence-electron chi connectivity index (χ0n) is 8.36. The number of allylic oxidation sites excluding steroid dienone is 5. The molecule has 2 atom stereocenters. The molecule has 1 heterocycles. The monoisotopic (exact) mass is 186 g/mol. The molecular formula is C13H14O. The second kappa shape index (κ2) is 3.33. The molecule has 0 aromatic heterocycles. The largest absolute Gasteiger partial charge is 0.485 e. The summed E-state index contributed by atoms with van der Waals surface area (Å²) in [4.78, 5) is 0. The third-order valence-corrected chi connectivity index (χ3v) is 2.70. The maximum absolute atomic E-state index is 5.71. The highest BCUT2D eigenvalue weighted by Gasteiger charge is 2.35. The molecule has 1 heteroatoms. The van der Waals surface area contributed by atoms with Gasteiger partial charge in [0.25, 0.3) is 0 Å². The number of rotatable bonds is 1. The molecule has 1 aliphatic heterocycles. The summed E-state index contributed by atoms with van der Waals surface area (Å²) in [5, 5.41) is 0. The summed E-state index contributed by atoms with van der Waals surface area (Å²) in [6, 6.07) is 0. The van der Waals surface area contributed by atoms with E-state index in [1.807, 2.05) is 6.08 Å². The van der Waals surface area contributed by atoms with Gasteiger partial charge in [-0.15, -0.1) is 0 Å². The van der Waals surface area contributed by atoms with Crippen molar-refractivity contribution in [2.45, 2.75) is 13.0 Å². The van der Waals surface area contributed by atoms with Crippen LogP contribution >= 0.6 is 0 Å². The topological polar surface area (TPSA) is 9.23 Å². The highest BCUT2D eigenvalue weighted by Crippen LogP contribution is 2.40. The van der Waals surface area contributed by atoms with Crippen LogP contribution < -0.4 is 0 Å². The molecular weight excluding hydrogens is 172 g/mol. The van der Waals surface area contributed by atoms with Gasteiger partial charge in [-0.2, -0.15) is 0 Å². The Morgan fingerprint density at radius 1 is 1.50 bits per heavy atom. The minimum atomic E-state index is 0.152. The maximum atomic E-state index is 5.71. The van der Waals surface area contributed by atoms with Crippen molar-refractivity contribution >= 4 is 0 Å². The minimum Gasteiger partial charge on any atom is -0.485 e. The van der Waals surface area contributed by atoms with E-state index in [-0.39, 0.29) is 6.10 Å². The molecule has 0 N–H and O–H groups in total. The molecule has 0 amide bonds. The van der Waals surface area contributed by atoms with Crippen molar-refractivity contribution < 1.29 is 4.74 Å². The highest BCUT2D eigenvalue weighted by molar-refractivity contribution is 5.43. The average molecular weight is 186 g/mol. The first kappa shape index (κ1) is 9.07. The van der Waals surface area contributed by atoms with Crippen LogP contribution in [0.5, 0.6) is 0 Å². The van der Waals surface area contributed by atoms with Crippen LogP contribution in [0.1, 0.15) is 6.92 Å². The Hall–Kier alpha value is -1.50. The fraction of sp³-hybridized carbons (Fsp3) is 0.231. The molecule has 2 unspecified atom stereocenters. The lowest BCUT2D eigenvalue weighted by Crippen LogP contribution is -2.18. The molecule has 0 saturated carbocycles. The van der Waals surface area contributed by atoms with E-state index >= 15 is 0 Å². The lowest BCUT2D eigenvalue weighted by atomic mass is 9.87. The average Bonchev–Trinajstić information content (AvgIpc) is 2.47. The Kier molecular flexibility index (Phi) is 2.16. The second-order valence-corrected chi connectivity index (χ2v) is 3.64. The minimum absolute atomic E-state index is 0.152. The third kappa shape index (κ3) is 1.25. The van der Waals surface area contributed by atoms with Crippen LogP contribution in [0.3, 0.4) is 0 Å². The number of ether oxygens (including phenoxy) is 1. The van der Waals surface area contributed by atoms with E-state index in [0.29, 0.717) is 5.92 Å². The zero-order valence-corrected chi connectivity index (χ0v) is 8.36. The highest BCUT2D eigenvalue weighted by atomic mass is 16.5. The van der Waals surface area contributed by atoms with Crippen LogP contribution in [0.15, 0.2) is 60.4 Å². The Labute approximate surface area is 84.8 Å². The Bertz CT molecular complexity index is 369. The third-order valence-electron chi connectivity index (χ3n) is 2.70. The van der Waals surface area contributed by atoms with Gasteiger partial charge in [0.1, 0.15) is 11.9 Å². The standard InChI is InChI=1S/C13H14O/c1-4-6-11-10(3)14-13-9(2)7-5-8-12(11)13/h4-8,12-13H,1,3H2,2H3/b11-6+. The lowest BCUT2D eigenvalue weighted by Gasteiger charge is -2.18. The van der Waals surface area contributed by atoms with Crippen LogP contribution in [0.4, 0.5) is 0 Å². The van der Waals surface area contributed by atoms with Crippen LogP contribution in [0, 0.1) is 5.92 Å². The molecule has 1 aliphatic carbocycles. The van der Waals surface area contributed by atoms with E-state index in [4.69, 9.17) is 4.74 Å². The van der Waals surface area contributed by atoms with Crippen molar-refractivity contribution in [3.05, 3.63) is 60.4 Å². The fourth-order valence-electron chi connectivity index (χ4n) is 1.98. The van der Waals surface area contributed by atoms with Crippen molar-refractivity contribution in [2.24, 2.45) is 5.92 Å². The van der Waals surface area contributed by atoms with Gasteiger partial charge in [-0.1, -0.05) is 43.5 Å². The van der Waals surface area contributed by atoms with Gasteiger partial charge in [-0.05, 0) is 12.5 Å². The summed E-state index contributed by atoms with van der Waals surface area (Å²) in [5.41, 5.74) is 2.40. The molecule has 1 fully saturated rings. The van der Waals surface area contributed by atoms with Gasteiger partial charge in [0.15, 0.2) is 0 Å².